The Kier molecular flexibility index (Phi) is 3.37. The first-order valence-corrected chi connectivity index (χ1v) is 9.17. The van der Waals surface area contributed by atoms with E-state index < -0.39 is 0 Å². The molecule has 2 aromatic rings. The van der Waals surface area contributed by atoms with E-state index in [0.29, 0.717) is 18.5 Å². The number of aromatic nitrogens is 1. The molecule has 5 rings (SSSR count). The average molecular weight is 345 g/mol. The number of hydrogen-bond donors (Lipinski definition) is 3. The predicted molar refractivity (Wildman–Crippen MR) is 93.6 cm³/mol. The minimum absolute atomic E-state index is 0.0761. The van der Waals surface area contributed by atoms with Crippen LogP contribution >= 0.6 is 11.6 Å². The standard InChI is InChI=1S/C18H21ClN4O/c19-10-4-5-14-12(8-10)13-9-23(7-6-15(13)20-14)18(24)17-11-2-1-3-16(11)21-22-17/h4-5,8,11,16-17,20-22H,1-3,6-7,9H2. The van der Waals surface area contributed by atoms with Crippen LogP contribution in [-0.2, 0) is 17.8 Å². The number of nitrogens with one attached hydrogen (secondary N) is 3. The van der Waals surface area contributed by atoms with Crippen LogP contribution in [0.25, 0.3) is 10.9 Å². The molecule has 3 heterocycles. The van der Waals surface area contributed by atoms with Crippen molar-refractivity contribution in [3.63, 3.8) is 0 Å². The Labute approximate surface area is 145 Å². The van der Waals surface area contributed by atoms with Crippen molar-refractivity contribution in [3.8, 4) is 0 Å². The van der Waals surface area contributed by atoms with Crippen LogP contribution in [0.1, 0.15) is 30.5 Å². The molecule has 3 aliphatic rings. The SMILES string of the molecule is O=C(C1NNC2CCCC21)N1CCc2[nH]c3ccc(Cl)cc3c2C1. The molecule has 2 fully saturated rings. The van der Waals surface area contributed by atoms with E-state index in [9.17, 15) is 4.79 Å². The predicted octanol–water partition coefficient (Wildman–Crippen LogP) is 2.35. The molecule has 24 heavy (non-hydrogen) atoms. The summed E-state index contributed by atoms with van der Waals surface area (Å²) in [5, 5.41) is 1.88. The molecule has 3 unspecified atom stereocenters. The molecule has 126 valence electrons. The van der Waals surface area contributed by atoms with Crippen molar-refractivity contribution in [1.82, 2.24) is 20.7 Å². The Morgan fingerprint density at radius 1 is 1.25 bits per heavy atom. The number of hydrazine groups is 1. The van der Waals surface area contributed by atoms with E-state index in [4.69, 9.17) is 11.6 Å². The zero-order valence-corrected chi connectivity index (χ0v) is 14.2. The lowest BCUT2D eigenvalue weighted by atomic mass is 9.95. The van der Waals surface area contributed by atoms with Gasteiger partial charge >= 0.3 is 0 Å². The summed E-state index contributed by atoms with van der Waals surface area (Å²) in [6, 6.07) is 6.32. The maximum absolute atomic E-state index is 13.1. The number of amides is 1. The molecule has 5 nitrogen and oxygen atoms in total. The molecule has 1 aromatic heterocycles. The summed E-state index contributed by atoms with van der Waals surface area (Å²) in [7, 11) is 0. The molecule has 1 aliphatic carbocycles. The summed E-state index contributed by atoms with van der Waals surface area (Å²) in [5.41, 5.74) is 10.1. The second kappa shape index (κ2) is 5.48. The van der Waals surface area contributed by atoms with Crippen LogP contribution in [0.2, 0.25) is 5.02 Å². The Morgan fingerprint density at radius 3 is 3.08 bits per heavy atom. The number of benzene rings is 1. The van der Waals surface area contributed by atoms with Crippen molar-refractivity contribution in [2.75, 3.05) is 6.54 Å². The van der Waals surface area contributed by atoms with E-state index >= 15 is 0 Å². The number of aromatic amines is 1. The summed E-state index contributed by atoms with van der Waals surface area (Å²) in [6.07, 6.45) is 4.41. The van der Waals surface area contributed by atoms with Crippen molar-refractivity contribution in [2.45, 2.75) is 44.3 Å². The van der Waals surface area contributed by atoms with Crippen molar-refractivity contribution in [1.29, 1.82) is 0 Å². The number of nitrogens with zero attached hydrogens (tertiary/aromatic N) is 1. The lowest BCUT2D eigenvalue weighted by Gasteiger charge is -2.31. The van der Waals surface area contributed by atoms with Gasteiger partial charge in [-0.25, -0.2) is 5.43 Å². The van der Waals surface area contributed by atoms with E-state index in [2.05, 4.69) is 15.8 Å². The number of H-pyrrole nitrogens is 1. The first-order valence-electron chi connectivity index (χ1n) is 8.79. The lowest BCUT2D eigenvalue weighted by Crippen LogP contribution is -2.49. The largest absolute Gasteiger partial charge is 0.358 e. The Bertz CT molecular complexity index is 817. The molecule has 1 saturated carbocycles. The topological polar surface area (TPSA) is 60.2 Å². The van der Waals surface area contributed by atoms with Gasteiger partial charge in [0.25, 0.3) is 0 Å². The maximum atomic E-state index is 13.1. The summed E-state index contributed by atoms with van der Waals surface area (Å²) in [5.74, 6) is 0.676. The molecule has 1 aromatic carbocycles. The molecule has 1 saturated heterocycles. The van der Waals surface area contributed by atoms with Gasteiger partial charge in [0, 0.05) is 58.7 Å². The van der Waals surface area contributed by atoms with Crippen LogP contribution in [0.5, 0.6) is 0 Å². The molecular weight excluding hydrogens is 324 g/mol. The quantitative estimate of drug-likeness (QED) is 0.744. The van der Waals surface area contributed by atoms with E-state index in [1.165, 1.54) is 24.1 Å². The fraction of sp³-hybridized carbons (Fsp3) is 0.500. The highest BCUT2D eigenvalue weighted by Gasteiger charge is 2.44. The van der Waals surface area contributed by atoms with Crippen molar-refractivity contribution < 1.29 is 4.79 Å². The smallest absolute Gasteiger partial charge is 0.241 e. The third kappa shape index (κ3) is 2.19. The number of carbonyl (C=O) groups is 1. The molecule has 6 heteroatoms. The minimum atomic E-state index is -0.0761. The van der Waals surface area contributed by atoms with Crippen LogP contribution in [0.15, 0.2) is 18.2 Å². The van der Waals surface area contributed by atoms with E-state index in [0.717, 1.165) is 35.3 Å². The van der Waals surface area contributed by atoms with E-state index in [1.54, 1.807) is 0 Å². The number of fused-ring (bicyclic) bond motifs is 4. The highest BCUT2D eigenvalue weighted by atomic mass is 35.5. The van der Waals surface area contributed by atoms with Gasteiger partial charge in [-0.15, -0.1) is 0 Å². The van der Waals surface area contributed by atoms with Gasteiger partial charge in [0.05, 0.1) is 0 Å². The van der Waals surface area contributed by atoms with Gasteiger partial charge in [-0.2, -0.15) is 0 Å². The number of rotatable bonds is 1. The van der Waals surface area contributed by atoms with Crippen LogP contribution in [0, 0.1) is 5.92 Å². The third-order valence-electron chi connectivity index (χ3n) is 5.94. The van der Waals surface area contributed by atoms with Crippen LogP contribution < -0.4 is 10.9 Å². The molecule has 2 aliphatic heterocycles. The Hall–Kier alpha value is -1.56. The molecule has 3 N–H and O–H groups in total. The molecule has 1 amide bonds. The summed E-state index contributed by atoms with van der Waals surface area (Å²) >= 11 is 6.17. The minimum Gasteiger partial charge on any atom is -0.358 e. The second-order valence-corrected chi connectivity index (χ2v) is 7.69. The number of carbonyl (C=O) groups excluding carboxylic acids is 1. The Balaban J connectivity index is 1.43. The van der Waals surface area contributed by atoms with E-state index in [1.807, 2.05) is 23.1 Å². The van der Waals surface area contributed by atoms with Crippen LogP contribution in [-0.4, -0.2) is 34.4 Å². The summed E-state index contributed by atoms with van der Waals surface area (Å²) < 4.78 is 0. The van der Waals surface area contributed by atoms with Gasteiger partial charge in [0.15, 0.2) is 0 Å². The highest BCUT2D eigenvalue weighted by Crippen LogP contribution is 2.34. The normalized spacial score (nSPS) is 29.0. The second-order valence-electron chi connectivity index (χ2n) is 7.25. The lowest BCUT2D eigenvalue weighted by molar-refractivity contribution is -0.135. The van der Waals surface area contributed by atoms with Crippen molar-refractivity contribution in [2.24, 2.45) is 5.92 Å². The maximum Gasteiger partial charge on any atom is 0.241 e. The zero-order valence-electron chi connectivity index (χ0n) is 13.4. The van der Waals surface area contributed by atoms with Gasteiger partial charge in [-0.05, 0) is 31.0 Å². The first kappa shape index (κ1) is 14.8. The molecular formula is C18H21ClN4O. The first-order chi connectivity index (χ1) is 11.7. The van der Waals surface area contributed by atoms with Gasteiger partial charge in [0.1, 0.15) is 6.04 Å². The fourth-order valence-electron chi connectivity index (χ4n) is 4.69. The molecule has 0 radical (unpaired) electrons. The zero-order chi connectivity index (χ0) is 16.3. The van der Waals surface area contributed by atoms with Crippen LogP contribution in [0.4, 0.5) is 0 Å². The summed E-state index contributed by atoms with van der Waals surface area (Å²) in [4.78, 5) is 18.6. The molecule has 3 atom stereocenters. The van der Waals surface area contributed by atoms with Gasteiger partial charge in [0.2, 0.25) is 5.91 Å². The van der Waals surface area contributed by atoms with Crippen LogP contribution in [0.3, 0.4) is 0 Å². The van der Waals surface area contributed by atoms with Crippen molar-refractivity contribution in [3.05, 3.63) is 34.5 Å². The van der Waals surface area contributed by atoms with Gasteiger partial charge in [-0.3, -0.25) is 10.2 Å². The van der Waals surface area contributed by atoms with E-state index in [-0.39, 0.29) is 11.9 Å². The third-order valence-corrected chi connectivity index (χ3v) is 6.17. The average Bonchev–Trinajstić information content (AvgIpc) is 3.27. The monoisotopic (exact) mass is 344 g/mol. The van der Waals surface area contributed by atoms with Gasteiger partial charge in [-0.1, -0.05) is 18.0 Å². The van der Waals surface area contributed by atoms with Crippen molar-refractivity contribution >= 4 is 28.4 Å². The number of halogens is 1. The molecule has 0 bridgehead atoms. The molecule has 0 spiro atoms. The Morgan fingerprint density at radius 2 is 2.17 bits per heavy atom. The fourth-order valence-corrected chi connectivity index (χ4v) is 4.86. The van der Waals surface area contributed by atoms with Gasteiger partial charge < -0.3 is 9.88 Å². The highest BCUT2D eigenvalue weighted by molar-refractivity contribution is 6.31. The summed E-state index contributed by atoms with van der Waals surface area (Å²) in [6.45, 7) is 1.45. The number of hydrogen-bond acceptors (Lipinski definition) is 3.